The van der Waals surface area contributed by atoms with Gasteiger partial charge < -0.3 is 9.88 Å². The van der Waals surface area contributed by atoms with E-state index in [1.165, 1.54) is 11.8 Å². The number of benzene rings is 1. The average Bonchev–Trinajstić information content (AvgIpc) is 2.77. The van der Waals surface area contributed by atoms with E-state index in [1.54, 1.807) is 6.20 Å². The smallest absolute Gasteiger partial charge is 0.234 e. The van der Waals surface area contributed by atoms with Crippen molar-refractivity contribution in [3.8, 4) is 0 Å². The monoisotopic (exact) mass is 275 g/mol. The molecule has 1 aromatic heterocycles. The molecule has 0 bridgehead atoms. The topological polar surface area (TPSA) is 46.9 Å². The fraction of sp³-hybridized carbons (Fsp3) is 0.286. The van der Waals surface area contributed by atoms with Crippen LogP contribution in [0.4, 0.5) is 5.69 Å². The molecule has 0 saturated heterocycles. The highest BCUT2D eigenvalue weighted by Crippen LogP contribution is 2.20. The first-order valence-electron chi connectivity index (χ1n) is 6.04. The molecule has 0 atom stereocenters. The molecule has 2 rings (SSSR count). The van der Waals surface area contributed by atoms with Crippen LogP contribution in [0.25, 0.3) is 0 Å². The number of nitrogens with zero attached hydrogens (tertiary/aromatic N) is 2. The van der Waals surface area contributed by atoms with E-state index in [2.05, 4.69) is 10.3 Å². The van der Waals surface area contributed by atoms with Gasteiger partial charge in [-0.3, -0.25) is 4.79 Å². The predicted octanol–water partition coefficient (Wildman–Crippen LogP) is 2.77. The summed E-state index contributed by atoms with van der Waals surface area (Å²) in [6, 6.07) is 5.98. The van der Waals surface area contributed by atoms with E-state index in [4.69, 9.17) is 0 Å². The Balaban J connectivity index is 1.97. The van der Waals surface area contributed by atoms with Crippen LogP contribution in [0.1, 0.15) is 11.1 Å². The molecule has 4 nitrogen and oxygen atoms in total. The summed E-state index contributed by atoms with van der Waals surface area (Å²) >= 11 is 1.43. The molecule has 19 heavy (non-hydrogen) atoms. The Morgan fingerprint density at radius 2 is 2.05 bits per heavy atom. The number of hydrogen-bond donors (Lipinski definition) is 1. The number of rotatable bonds is 4. The van der Waals surface area contributed by atoms with E-state index in [-0.39, 0.29) is 5.91 Å². The molecule has 1 N–H and O–H groups in total. The Bertz CT molecular complexity index is 572. The summed E-state index contributed by atoms with van der Waals surface area (Å²) in [5, 5.41) is 3.81. The molecular formula is C14H17N3OS. The second-order valence-electron chi connectivity index (χ2n) is 4.42. The zero-order valence-electron chi connectivity index (χ0n) is 11.3. The molecular weight excluding hydrogens is 258 g/mol. The Morgan fingerprint density at radius 1 is 1.37 bits per heavy atom. The van der Waals surface area contributed by atoms with Crippen molar-refractivity contribution in [1.82, 2.24) is 9.55 Å². The van der Waals surface area contributed by atoms with Crippen LogP contribution in [0.15, 0.2) is 35.7 Å². The molecule has 0 aliphatic carbocycles. The highest BCUT2D eigenvalue weighted by Gasteiger charge is 2.09. The normalized spacial score (nSPS) is 10.5. The van der Waals surface area contributed by atoms with Crippen LogP contribution in [0.5, 0.6) is 0 Å². The third-order valence-corrected chi connectivity index (χ3v) is 3.91. The third kappa shape index (κ3) is 3.38. The summed E-state index contributed by atoms with van der Waals surface area (Å²) in [5.41, 5.74) is 3.07. The van der Waals surface area contributed by atoms with Crippen LogP contribution in [0.3, 0.4) is 0 Å². The van der Waals surface area contributed by atoms with Crippen LogP contribution >= 0.6 is 11.8 Å². The van der Waals surface area contributed by atoms with Gasteiger partial charge in [0.15, 0.2) is 5.16 Å². The molecule has 2 aromatic rings. The van der Waals surface area contributed by atoms with Crippen LogP contribution in [-0.4, -0.2) is 21.2 Å². The highest BCUT2D eigenvalue weighted by molar-refractivity contribution is 7.99. The fourth-order valence-electron chi connectivity index (χ4n) is 1.81. The Kier molecular flexibility index (Phi) is 4.27. The number of carbonyl (C=O) groups excluding carboxylic acids is 1. The number of thioether (sulfide) groups is 1. The summed E-state index contributed by atoms with van der Waals surface area (Å²) in [5.74, 6) is 0.351. The van der Waals surface area contributed by atoms with E-state index >= 15 is 0 Å². The minimum Gasteiger partial charge on any atom is -0.329 e. The molecule has 0 aliphatic rings. The summed E-state index contributed by atoms with van der Waals surface area (Å²) in [4.78, 5) is 16.1. The van der Waals surface area contributed by atoms with Crippen molar-refractivity contribution < 1.29 is 4.79 Å². The zero-order valence-corrected chi connectivity index (χ0v) is 12.1. The Morgan fingerprint density at radius 3 is 2.63 bits per heavy atom. The molecule has 0 aliphatic heterocycles. The van der Waals surface area contributed by atoms with E-state index in [9.17, 15) is 4.79 Å². The summed E-state index contributed by atoms with van der Waals surface area (Å²) in [7, 11) is 1.92. The first-order chi connectivity index (χ1) is 9.08. The maximum absolute atomic E-state index is 12.0. The molecule has 0 radical (unpaired) electrons. The van der Waals surface area contributed by atoms with E-state index in [0.29, 0.717) is 5.75 Å². The number of nitrogens with one attached hydrogen (secondary N) is 1. The Hall–Kier alpha value is -1.75. The van der Waals surface area contributed by atoms with Gasteiger partial charge in [0.05, 0.1) is 5.75 Å². The minimum absolute atomic E-state index is 0.00889. The number of aromatic nitrogens is 2. The van der Waals surface area contributed by atoms with Gasteiger partial charge in [0.1, 0.15) is 0 Å². The number of hydrogen-bond acceptors (Lipinski definition) is 3. The number of imidazole rings is 1. The van der Waals surface area contributed by atoms with Crippen LogP contribution in [0, 0.1) is 13.8 Å². The van der Waals surface area contributed by atoms with Gasteiger partial charge in [-0.1, -0.05) is 30.0 Å². The zero-order chi connectivity index (χ0) is 13.8. The number of aryl methyl sites for hydroxylation is 3. The lowest BCUT2D eigenvalue weighted by molar-refractivity contribution is -0.113. The highest BCUT2D eigenvalue weighted by atomic mass is 32.2. The van der Waals surface area contributed by atoms with Gasteiger partial charge in [-0.2, -0.15) is 0 Å². The number of carbonyl (C=O) groups is 1. The standard InChI is InChI=1S/C14H17N3OS/c1-10-5-4-6-11(2)13(10)16-12(18)9-19-14-15-7-8-17(14)3/h4-8H,9H2,1-3H3,(H,16,18). The van der Waals surface area contributed by atoms with Crippen molar-refractivity contribution in [3.05, 3.63) is 41.7 Å². The summed E-state index contributed by atoms with van der Waals surface area (Å²) in [6.07, 6.45) is 3.59. The van der Waals surface area contributed by atoms with E-state index < -0.39 is 0 Å². The lowest BCUT2D eigenvalue weighted by Crippen LogP contribution is -2.16. The molecule has 0 fully saturated rings. The van der Waals surface area contributed by atoms with Gasteiger partial charge in [0.2, 0.25) is 5.91 Å². The number of para-hydroxylation sites is 1. The van der Waals surface area contributed by atoms with Gasteiger partial charge in [-0.05, 0) is 25.0 Å². The lowest BCUT2D eigenvalue weighted by atomic mass is 10.1. The van der Waals surface area contributed by atoms with Gasteiger partial charge in [-0.25, -0.2) is 4.98 Å². The van der Waals surface area contributed by atoms with Crippen molar-refractivity contribution in [3.63, 3.8) is 0 Å². The summed E-state index contributed by atoms with van der Waals surface area (Å²) in [6.45, 7) is 3.99. The number of anilines is 1. The van der Waals surface area contributed by atoms with Gasteiger partial charge in [-0.15, -0.1) is 0 Å². The first kappa shape index (κ1) is 13.7. The van der Waals surface area contributed by atoms with E-state index in [1.807, 2.05) is 49.9 Å². The second kappa shape index (κ2) is 5.93. The van der Waals surface area contributed by atoms with Gasteiger partial charge in [0, 0.05) is 25.1 Å². The third-order valence-electron chi connectivity index (χ3n) is 2.85. The number of amides is 1. The van der Waals surface area contributed by atoms with E-state index in [0.717, 1.165) is 22.0 Å². The molecule has 5 heteroatoms. The molecule has 1 aromatic carbocycles. The fourth-order valence-corrected chi connectivity index (χ4v) is 2.54. The SMILES string of the molecule is Cc1cccc(C)c1NC(=O)CSc1nccn1C. The van der Waals surface area contributed by atoms with Crippen LogP contribution < -0.4 is 5.32 Å². The van der Waals surface area contributed by atoms with Gasteiger partial charge in [0.25, 0.3) is 0 Å². The second-order valence-corrected chi connectivity index (χ2v) is 5.37. The molecule has 1 heterocycles. The van der Waals surface area contributed by atoms with Crippen LogP contribution in [0.2, 0.25) is 0 Å². The van der Waals surface area contributed by atoms with Gasteiger partial charge >= 0.3 is 0 Å². The van der Waals surface area contributed by atoms with Crippen molar-refractivity contribution in [2.45, 2.75) is 19.0 Å². The molecule has 1 amide bonds. The molecule has 0 unspecified atom stereocenters. The van der Waals surface area contributed by atoms with Crippen molar-refractivity contribution >= 4 is 23.4 Å². The molecule has 100 valence electrons. The van der Waals surface area contributed by atoms with Crippen molar-refractivity contribution in [2.75, 3.05) is 11.1 Å². The maximum Gasteiger partial charge on any atom is 0.234 e. The average molecular weight is 275 g/mol. The van der Waals surface area contributed by atoms with Crippen molar-refractivity contribution in [1.29, 1.82) is 0 Å². The minimum atomic E-state index is -0.00889. The first-order valence-corrected chi connectivity index (χ1v) is 7.02. The van der Waals surface area contributed by atoms with Crippen molar-refractivity contribution in [2.24, 2.45) is 7.05 Å². The molecule has 0 spiro atoms. The quantitative estimate of drug-likeness (QED) is 0.873. The largest absolute Gasteiger partial charge is 0.329 e. The predicted molar refractivity (Wildman–Crippen MR) is 78.5 cm³/mol. The van der Waals surface area contributed by atoms with Crippen LogP contribution in [-0.2, 0) is 11.8 Å². The Labute approximate surface area is 117 Å². The lowest BCUT2D eigenvalue weighted by Gasteiger charge is -2.11. The molecule has 0 saturated carbocycles. The summed E-state index contributed by atoms with van der Waals surface area (Å²) < 4.78 is 1.90. The maximum atomic E-state index is 12.0.